The Morgan fingerprint density at radius 2 is 1.47 bits per heavy atom. The maximum atomic E-state index is 11.0. The van der Waals surface area contributed by atoms with Crippen LogP contribution in [0.4, 0.5) is 0 Å². The lowest BCUT2D eigenvalue weighted by Crippen LogP contribution is -2.65. The van der Waals surface area contributed by atoms with Crippen molar-refractivity contribution in [2.45, 2.75) is 107 Å². The first-order valence-electron chi connectivity index (χ1n) is 11.1. The Labute approximate surface area is 189 Å². The van der Waals surface area contributed by atoms with Crippen LogP contribution in [0.5, 0.6) is 0 Å². The summed E-state index contributed by atoms with van der Waals surface area (Å²) in [5.74, 6) is 0. The van der Waals surface area contributed by atoms with Crippen molar-refractivity contribution in [3.05, 3.63) is 0 Å². The van der Waals surface area contributed by atoms with Crippen molar-refractivity contribution in [2.75, 3.05) is 19.8 Å². The van der Waals surface area contributed by atoms with Crippen LogP contribution in [0.2, 0.25) is 19.6 Å². The first kappa shape index (κ1) is 28.0. The van der Waals surface area contributed by atoms with Crippen LogP contribution >= 0.6 is 0 Å². The molecule has 0 spiro atoms. The van der Waals surface area contributed by atoms with Crippen molar-refractivity contribution in [2.24, 2.45) is 0 Å². The van der Waals surface area contributed by atoms with Gasteiger partial charge in [0.25, 0.3) is 0 Å². The maximum absolute atomic E-state index is 11.0. The summed E-state index contributed by atoms with van der Waals surface area (Å²) in [5.41, 5.74) is -0.232. The third-order valence-electron chi connectivity index (χ3n) is 6.02. The van der Waals surface area contributed by atoms with E-state index in [0.29, 0.717) is 6.42 Å². The van der Waals surface area contributed by atoms with E-state index < -0.39 is 82.7 Å². The van der Waals surface area contributed by atoms with Crippen LogP contribution in [0.1, 0.15) is 20.3 Å². The third kappa shape index (κ3) is 6.46. The van der Waals surface area contributed by atoms with Crippen molar-refractivity contribution in [1.29, 1.82) is 0 Å². The molecule has 0 aromatic heterocycles. The monoisotopic (exact) mass is 484 g/mol. The lowest BCUT2D eigenvalue weighted by molar-refractivity contribution is -0.361. The third-order valence-corrected chi connectivity index (χ3v) is 8.60. The van der Waals surface area contributed by atoms with E-state index in [1.807, 2.05) is 13.8 Å². The molecule has 0 saturated carbocycles. The molecule has 0 aromatic rings. The molecule has 2 heterocycles. The summed E-state index contributed by atoms with van der Waals surface area (Å²) in [5, 5.41) is 61.7. The number of ether oxygens (including phenoxy) is 5. The Kier molecular flexibility index (Phi) is 10.5. The second kappa shape index (κ2) is 12.0. The van der Waals surface area contributed by atoms with Gasteiger partial charge in [-0.1, -0.05) is 26.6 Å². The summed E-state index contributed by atoms with van der Waals surface area (Å²) in [4.78, 5) is 0. The predicted octanol–water partition coefficient (Wildman–Crippen LogP) is -1.67. The highest BCUT2D eigenvalue weighted by atomic mass is 28.3. The molecule has 0 bridgehead atoms. The molecule has 32 heavy (non-hydrogen) atoms. The van der Waals surface area contributed by atoms with Crippen LogP contribution in [0, 0.1) is 0 Å². The minimum Gasteiger partial charge on any atom is -0.394 e. The van der Waals surface area contributed by atoms with Gasteiger partial charge in [0.15, 0.2) is 12.6 Å². The zero-order valence-electron chi connectivity index (χ0n) is 19.4. The van der Waals surface area contributed by atoms with Gasteiger partial charge in [-0.25, -0.2) is 0 Å². The summed E-state index contributed by atoms with van der Waals surface area (Å²) in [6, 6.07) is 0. The largest absolute Gasteiger partial charge is 0.394 e. The van der Waals surface area contributed by atoms with Gasteiger partial charge in [-0.2, -0.15) is 0 Å². The average molecular weight is 485 g/mol. The number of aliphatic hydroxyl groups excluding tert-OH is 6. The molecule has 12 heteroatoms. The van der Waals surface area contributed by atoms with E-state index in [9.17, 15) is 30.6 Å². The molecule has 1 unspecified atom stereocenters. The standard InChI is InChI=1S/C20H40O11Si/c1-6-7-27-17-13(23)11(8-21)30-20(15(17)25)31-16-12(9-22)29-19(26)18(14(16)24)28-10(2)32(3,4)5/h10-26H,6-9H2,1-5H3/t10?,11-,12-,13+,14+,15-,16+,17+,18-,19-,20-/m1/s1. The van der Waals surface area contributed by atoms with Crippen LogP contribution in [0.25, 0.3) is 0 Å². The minimum atomic E-state index is -1.78. The zero-order chi connectivity index (χ0) is 24.2. The van der Waals surface area contributed by atoms with E-state index in [1.165, 1.54) is 0 Å². The normalized spacial score (nSPS) is 42.1. The average Bonchev–Trinajstić information content (AvgIpc) is 2.73. The Morgan fingerprint density at radius 1 is 0.844 bits per heavy atom. The predicted molar refractivity (Wildman–Crippen MR) is 114 cm³/mol. The number of aliphatic hydroxyl groups is 6. The Morgan fingerprint density at radius 3 is 2.00 bits per heavy atom. The van der Waals surface area contributed by atoms with Crippen LogP contribution in [-0.2, 0) is 23.7 Å². The minimum absolute atomic E-state index is 0.232. The van der Waals surface area contributed by atoms with Gasteiger partial charge in [-0.05, 0) is 13.3 Å². The first-order valence-corrected chi connectivity index (χ1v) is 14.7. The van der Waals surface area contributed by atoms with E-state index in [4.69, 9.17) is 23.7 Å². The summed E-state index contributed by atoms with van der Waals surface area (Å²) in [7, 11) is -1.78. The van der Waals surface area contributed by atoms with Gasteiger partial charge in [0.1, 0.15) is 48.8 Å². The second-order valence-corrected chi connectivity index (χ2v) is 15.0. The zero-order valence-corrected chi connectivity index (χ0v) is 20.4. The molecule has 6 N–H and O–H groups in total. The first-order chi connectivity index (χ1) is 15.0. The Hall–Kier alpha value is -0.223. The van der Waals surface area contributed by atoms with E-state index >= 15 is 0 Å². The topological polar surface area (TPSA) is 168 Å². The van der Waals surface area contributed by atoms with E-state index in [2.05, 4.69) is 19.6 Å². The fourth-order valence-electron chi connectivity index (χ4n) is 3.58. The van der Waals surface area contributed by atoms with Gasteiger partial charge >= 0.3 is 0 Å². The summed E-state index contributed by atoms with van der Waals surface area (Å²) >= 11 is 0. The quantitative estimate of drug-likeness (QED) is 0.196. The molecule has 190 valence electrons. The molecule has 0 aliphatic carbocycles. The fourth-order valence-corrected chi connectivity index (χ4v) is 4.15. The Balaban J connectivity index is 2.20. The molecule has 2 fully saturated rings. The second-order valence-electron chi connectivity index (χ2n) is 9.49. The molecule has 2 rings (SSSR count). The lowest BCUT2D eigenvalue weighted by Gasteiger charge is -2.47. The van der Waals surface area contributed by atoms with E-state index in [-0.39, 0.29) is 12.3 Å². The molecule has 0 radical (unpaired) electrons. The maximum Gasteiger partial charge on any atom is 0.187 e. The summed E-state index contributed by atoms with van der Waals surface area (Å²) < 4.78 is 28.2. The van der Waals surface area contributed by atoms with Crippen molar-refractivity contribution < 1.29 is 54.3 Å². The molecule has 2 saturated heterocycles. The van der Waals surface area contributed by atoms with Crippen LogP contribution in [0.3, 0.4) is 0 Å². The van der Waals surface area contributed by atoms with Crippen LogP contribution in [-0.4, -0.2) is 126 Å². The smallest absolute Gasteiger partial charge is 0.187 e. The fraction of sp³-hybridized carbons (Fsp3) is 1.00. The summed E-state index contributed by atoms with van der Waals surface area (Å²) in [6.45, 7) is 9.08. The van der Waals surface area contributed by atoms with Crippen molar-refractivity contribution >= 4 is 8.07 Å². The highest BCUT2D eigenvalue weighted by molar-refractivity contribution is 6.77. The van der Waals surface area contributed by atoms with Crippen LogP contribution in [0.15, 0.2) is 0 Å². The number of hydrogen-bond acceptors (Lipinski definition) is 11. The van der Waals surface area contributed by atoms with Gasteiger partial charge in [0.05, 0.1) is 21.3 Å². The lowest BCUT2D eigenvalue weighted by atomic mass is 9.96. The molecule has 2 aliphatic rings. The number of rotatable bonds is 10. The van der Waals surface area contributed by atoms with Gasteiger partial charge < -0.3 is 54.3 Å². The highest BCUT2D eigenvalue weighted by Crippen LogP contribution is 2.31. The molecule has 11 nitrogen and oxygen atoms in total. The SMILES string of the molecule is CCCO[C@H]1[C@@H](O)[C@@H](CO)O[C@H](O[C@@H]2[C@H](O)[C@@H](OC(C)[Si](C)(C)C)[C@H](O)O[C@@H]2CO)[C@@H]1O. The molecule has 11 atom stereocenters. The van der Waals surface area contributed by atoms with Crippen molar-refractivity contribution in [3.8, 4) is 0 Å². The van der Waals surface area contributed by atoms with E-state index in [1.54, 1.807) is 0 Å². The van der Waals surface area contributed by atoms with Gasteiger partial charge in [-0.3, -0.25) is 0 Å². The van der Waals surface area contributed by atoms with Crippen LogP contribution < -0.4 is 0 Å². The molecular weight excluding hydrogens is 444 g/mol. The van der Waals surface area contributed by atoms with Gasteiger partial charge in [0.2, 0.25) is 0 Å². The molecule has 2 aliphatic heterocycles. The number of hydrogen-bond donors (Lipinski definition) is 6. The van der Waals surface area contributed by atoms with Crippen molar-refractivity contribution in [1.82, 2.24) is 0 Å². The van der Waals surface area contributed by atoms with Gasteiger partial charge in [0, 0.05) is 12.3 Å². The van der Waals surface area contributed by atoms with Crippen molar-refractivity contribution in [3.63, 3.8) is 0 Å². The molecular formula is C20H40O11Si. The van der Waals surface area contributed by atoms with Gasteiger partial charge in [-0.15, -0.1) is 0 Å². The highest BCUT2D eigenvalue weighted by Gasteiger charge is 2.52. The Bertz CT molecular complexity index is 562. The molecule has 0 aromatic carbocycles. The summed E-state index contributed by atoms with van der Waals surface area (Å²) in [6.07, 6.45) is -12.1. The van der Waals surface area contributed by atoms with E-state index in [0.717, 1.165) is 0 Å². The molecule has 0 amide bonds.